The zero-order chi connectivity index (χ0) is 14.4. The average Bonchev–Trinajstić information content (AvgIpc) is 2.88. The number of amides is 1. The molecule has 0 aliphatic heterocycles. The van der Waals surface area contributed by atoms with E-state index >= 15 is 0 Å². The molecule has 0 atom stereocenters. The van der Waals surface area contributed by atoms with E-state index < -0.39 is 0 Å². The van der Waals surface area contributed by atoms with Crippen molar-refractivity contribution in [3.05, 3.63) is 47.7 Å². The van der Waals surface area contributed by atoms with E-state index in [-0.39, 0.29) is 5.91 Å². The van der Waals surface area contributed by atoms with Crippen molar-refractivity contribution in [3.8, 4) is 0 Å². The maximum Gasteiger partial charge on any atom is 0.255 e. The number of nitrogens with one attached hydrogen (secondary N) is 2. The van der Waals surface area contributed by atoms with Crippen LogP contribution in [0.3, 0.4) is 0 Å². The number of carbonyl (C=O) groups excluding carboxylic acids is 1. The number of aryl methyl sites for hydroxylation is 1. The van der Waals surface area contributed by atoms with Gasteiger partial charge in [0.1, 0.15) is 11.5 Å². The molecule has 0 aliphatic carbocycles. The van der Waals surface area contributed by atoms with Gasteiger partial charge in [-0.3, -0.25) is 9.78 Å². The van der Waals surface area contributed by atoms with Gasteiger partial charge in [0.25, 0.3) is 5.91 Å². The van der Waals surface area contributed by atoms with Gasteiger partial charge in [-0.1, -0.05) is 6.92 Å². The first-order valence-corrected chi connectivity index (χ1v) is 6.72. The molecule has 2 rings (SSSR count). The molecule has 0 aliphatic rings. The number of rotatable bonds is 6. The second-order valence-electron chi connectivity index (χ2n) is 4.54. The molecule has 0 radical (unpaired) electrons. The van der Waals surface area contributed by atoms with Crippen LogP contribution in [0, 0.1) is 6.92 Å². The van der Waals surface area contributed by atoms with Crippen LogP contribution in [0.1, 0.15) is 35.2 Å². The number of aromatic nitrogens is 1. The second-order valence-corrected chi connectivity index (χ2v) is 4.54. The monoisotopic (exact) mass is 273 g/mol. The third-order valence-corrected chi connectivity index (χ3v) is 2.85. The second kappa shape index (κ2) is 6.75. The van der Waals surface area contributed by atoms with E-state index in [0.717, 1.165) is 30.2 Å². The number of carbonyl (C=O) groups is 1. The Morgan fingerprint density at radius 1 is 1.35 bits per heavy atom. The van der Waals surface area contributed by atoms with Gasteiger partial charge in [0.05, 0.1) is 17.8 Å². The summed E-state index contributed by atoms with van der Waals surface area (Å²) in [4.78, 5) is 16.2. The van der Waals surface area contributed by atoms with Crippen LogP contribution >= 0.6 is 0 Å². The van der Waals surface area contributed by atoms with Gasteiger partial charge in [0, 0.05) is 18.9 Å². The van der Waals surface area contributed by atoms with Crippen molar-refractivity contribution in [3.63, 3.8) is 0 Å². The zero-order valence-corrected chi connectivity index (χ0v) is 11.8. The van der Waals surface area contributed by atoms with Crippen LogP contribution in [0.5, 0.6) is 0 Å². The fourth-order valence-corrected chi connectivity index (χ4v) is 1.83. The summed E-state index contributed by atoms with van der Waals surface area (Å²) in [7, 11) is 0. The highest BCUT2D eigenvalue weighted by Gasteiger charge is 2.11. The molecule has 0 spiro atoms. The Kier molecular flexibility index (Phi) is 4.76. The summed E-state index contributed by atoms with van der Waals surface area (Å²) in [5.41, 5.74) is 1.35. The Morgan fingerprint density at radius 2 is 2.20 bits per heavy atom. The highest BCUT2D eigenvalue weighted by atomic mass is 16.3. The molecule has 2 heterocycles. The molecule has 0 fully saturated rings. The SMILES string of the molecule is CCCNc1ccncc1C(=O)NCc1ccc(C)o1. The van der Waals surface area contributed by atoms with Gasteiger partial charge in [-0.15, -0.1) is 0 Å². The van der Waals surface area contributed by atoms with Crippen LogP contribution in [-0.4, -0.2) is 17.4 Å². The smallest absolute Gasteiger partial charge is 0.255 e. The number of hydrogen-bond donors (Lipinski definition) is 2. The lowest BCUT2D eigenvalue weighted by Gasteiger charge is -2.10. The van der Waals surface area contributed by atoms with Crippen LogP contribution in [0.25, 0.3) is 0 Å². The Morgan fingerprint density at radius 3 is 2.90 bits per heavy atom. The normalized spacial score (nSPS) is 10.3. The Balaban J connectivity index is 2.01. The van der Waals surface area contributed by atoms with Gasteiger partial charge >= 0.3 is 0 Å². The Bertz CT molecular complexity index is 578. The van der Waals surface area contributed by atoms with E-state index in [1.54, 1.807) is 12.4 Å². The quantitative estimate of drug-likeness (QED) is 0.849. The molecule has 1 amide bonds. The number of furan rings is 1. The maximum atomic E-state index is 12.2. The molecule has 20 heavy (non-hydrogen) atoms. The molecule has 0 unspecified atom stereocenters. The lowest BCUT2D eigenvalue weighted by Crippen LogP contribution is -2.24. The predicted molar refractivity (Wildman–Crippen MR) is 77.6 cm³/mol. The molecule has 106 valence electrons. The van der Waals surface area contributed by atoms with Gasteiger partial charge < -0.3 is 15.1 Å². The summed E-state index contributed by atoms with van der Waals surface area (Å²) in [5.74, 6) is 1.41. The van der Waals surface area contributed by atoms with E-state index in [4.69, 9.17) is 4.42 Å². The molecule has 0 aromatic carbocycles. The van der Waals surface area contributed by atoms with E-state index in [1.165, 1.54) is 0 Å². The van der Waals surface area contributed by atoms with Gasteiger partial charge in [0.15, 0.2) is 0 Å². The van der Waals surface area contributed by atoms with Crippen molar-refractivity contribution in [1.82, 2.24) is 10.3 Å². The number of anilines is 1. The van der Waals surface area contributed by atoms with Crippen molar-refractivity contribution in [2.24, 2.45) is 0 Å². The molecule has 5 nitrogen and oxygen atoms in total. The minimum Gasteiger partial charge on any atom is -0.465 e. The summed E-state index contributed by atoms with van der Waals surface area (Å²) >= 11 is 0. The summed E-state index contributed by atoms with van der Waals surface area (Å²) in [6.45, 7) is 5.14. The fourth-order valence-electron chi connectivity index (χ4n) is 1.83. The van der Waals surface area contributed by atoms with Gasteiger partial charge in [-0.2, -0.15) is 0 Å². The number of nitrogens with zero attached hydrogens (tertiary/aromatic N) is 1. The van der Waals surface area contributed by atoms with Crippen LogP contribution < -0.4 is 10.6 Å². The van der Waals surface area contributed by atoms with Crippen LogP contribution in [-0.2, 0) is 6.54 Å². The molecule has 0 saturated heterocycles. The van der Waals surface area contributed by atoms with E-state index in [0.29, 0.717) is 12.1 Å². The summed E-state index contributed by atoms with van der Waals surface area (Å²) < 4.78 is 5.42. The first kappa shape index (κ1) is 14.1. The van der Waals surface area contributed by atoms with E-state index in [1.807, 2.05) is 25.1 Å². The number of pyridine rings is 1. The molecule has 2 aromatic rings. The molecule has 0 saturated carbocycles. The summed E-state index contributed by atoms with van der Waals surface area (Å²) in [6, 6.07) is 5.54. The van der Waals surface area contributed by atoms with Crippen LogP contribution in [0.4, 0.5) is 5.69 Å². The predicted octanol–water partition coefficient (Wildman–Crippen LogP) is 2.73. The average molecular weight is 273 g/mol. The third kappa shape index (κ3) is 3.60. The largest absolute Gasteiger partial charge is 0.465 e. The van der Waals surface area contributed by atoms with E-state index in [2.05, 4.69) is 22.5 Å². The fraction of sp³-hybridized carbons (Fsp3) is 0.333. The van der Waals surface area contributed by atoms with Crippen molar-refractivity contribution < 1.29 is 9.21 Å². The van der Waals surface area contributed by atoms with Crippen molar-refractivity contribution in [2.45, 2.75) is 26.8 Å². The molecule has 2 N–H and O–H groups in total. The molecular formula is C15H19N3O2. The minimum absolute atomic E-state index is 0.161. The third-order valence-electron chi connectivity index (χ3n) is 2.85. The summed E-state index contributed by atoms with van der Waals surface area (Å²) in [5, 5.41) is 6.05. The highest BCUT2D eigenvalue weighted by Crippen LogP contribution is 2.14. The number of hydrogen-bond acceptors (Lipinski definition) is 4. The molecule has 0 bridgehead atoms. The van der Waals surface area contributed by atoms with Gasteiger partial charge in [0.2, 0.25) is 0 Å². The van der Waals surface area contributed by atoms with Crippen LogP contribution in [0.2, 0.25) is 0 Å². The maximum absolute atomic E-state index is 12.2. The van der Waals surface area contributed by atoms with Crippen LogP contribution in [0.15, 0.2) is 35.0 Å². The summed E-state index contributed by atoms with van der Waals surface area (Å²) in [6.07, 6.45) is 4.24. The lowest BCUT2D eigenvalue weighted by molar-refractivity contribution is 0.0948. The molecule has 2 aromatic heterocycles. The first-order valence-electron chi connectivity index (χ1n) is 6.72. The minimum atomic E-state index is -0.161. The van der Waals surface area contributed by atoms with Crippen molar-refractivity contribution in [1.29, 1.82) is 0 Å². The van der Waals surface area contributed by atoms with Crippen molar-refractivity contribution in [2.75, 3.05) is 11.9 Å². The Labute approximate surface area is 118 Å². The Hall–Kier alpha value is -2.30. The highest BCUT2D eigenvalue weighted by molar-refractivity contribution is 5.99. The lowest BCUT2D eigenvalue weighted by atomic mass is 10.2. The van der Waals surface area contributed by atoms with E-state index in [9.17, 15) is 4.79 Å². The zero-order valence-electron chi connectivity index (χ0n) is 11.8. The topological polar surface area (TPSA) is 67.2 Å². The van der Waals surface area contributed by atoms with Gasteiger partial charge in [-0.05, 0) is 31.5 Å². The van der Waals surface area contributed by atoms with Crippen molar-refractivity contribution >= 4 is 11.6 Å². The molecule has 5 heteroatoms. The first-order chi connectivity index (χ1) is 9.70. The molecular weight excluding hydrogens is 254 g/mol. The van der Waals surface area contributed by atoms with Gasteiger partial charge in [-0.25, -0.2) is 0 Å². The standard InChI is InChI=1S/C15H19N3O2/c1-3-7-17-14-6-8-16-10-13(14)15(19)18-9-12-5-4-11(2)20-12/h4-6,8,10H,3,7,9H2,1-2H3,(H,16,17)(H,18,19).